The number of carbonyl (C=O) groups is 1. The third-order valence-electron chi connectivity index (χ3n) is 3.73. The SMILES string of the molecule is O=C(c1cccc(F)c1-c1ncc(F)cn1)N1CCCCC1. The molecule has 2 heterocycles. The standard InChI is InChI=1S/C16H15F2N3O/c17-11-9-19-15(20-10-11)14-12(5-4-6-13(14)18)16(22)21-7-2-1-3-8-21/h4-6,9-10H,1-3,7-8H2. The molecule has 3 rings (SSSR count). The summed E-state index contributed by atoms with van der Waals surface area (Å²) in [5.74, 6) is -1.42. The average Bonchev–Trinajstić information content (AvgIpc) is 2.56. The van der Waals surface area contributed by atoms with Crippen LogP contribution < -0.4 is 0 Å². The Labute approximate surface area is 126 Å². The summed E-state index contributed by atoms with van der Waals surface area (Å²) in [5, 5.41) is 0. The molecule has 2 aromatic rings. The molecule has 0 unspecified atom stereocenters. The molecule has 0 atom stereocenters. The number of rotatable bonds is 2. The summed E-state index contributed by atoms with van der Waals surface area (Å²) < 4.78 is 27.2. The van der Waals surface area contributed by atoms with Crippen LogP contribution in [0.1, 0.15) is 29.6 Å². The van der Waals surface area contributed by atoms with E-state index < -0.39 is 11.6 Å². The largest absolute Gasteiger partial charge is 0.339 e. The second-order valence-corrected chi connectivity index (χ2v) is 5.24. The van der Waals surface area contributed by atoms with Crippen molar-refractivity contribution in [3.63, 3.8) is 0 Å². The predicted molar refractivity (Wildman–Crippen MR) is 77.1 cm³/mol. The van der Waals surface area contributed by atoms with Crippen molar-refractivity contribution in [2.45, 2.75) is 19.3 Å². The minimum absolute atomic E-state index is 0.0138. The van der Waals surface area contributed by atoms with Crippen LogP contribution >= 0.6 is 0 Å². The van der Waals surface area contributed by atoms with E-state index in [1.54, 1.807) is 11.0 Å². The second-order valence-electron chi connectivity index (χ2n) is 5.24. The molecule has 0 N–H and O–H groups in total. The number of halogens is 2. The van der Waals surface area contributed by atoms with Crippen LogP contribution in [0.4, 0.5) is 8.78 Å². The van der Waals surface area contributed by atoms with E-state index in [1.807, 2.05) is 0 Å². The van der Waals surface area contributed by atoms with Crippen molar-refractivity contribution in [1.29, 1.82) is 0 Å². The van der Waals surface area contributed by atoms with E-state index in [0.717, 1.165) is 31.7 Å². The number of amides is 1. The van der Waals surface area contributed by atoms with Gasteiger partial charge in [0.05, 0.1) is 23.5 Å². The molecule has 1 aromatic heterocycles. The van der Waals surface area contributed by atoms with Crippen molar-refractivity contribution < 1.29 is 13.6 Å². The van der Waals surface area contributed by atoms with Crippen LogP contribution in [0.15, 0.2) is 30.6 Å². The highest BCUT2D eigenvalue weighted by molar-refractivity contribution is 6.00. The lowest BCUT2D eigenvalue weighted by atomic mass is 10.0. The van der Waals surface area contributed by atoms with Gasteiger partial charge in [0.1, 0.15) is 5.82 Å². The van der Waals surface area contributed by atoms with Crippen LogP contribution in [-0.2, 0) is 0 Å². The first-order valence-electron chi connectivity index (χ1n) is 7.22. The number of likely N-dealkylation sites (tertiary alicyclic amines) is 1. The van der Waals surface area contributed by atoms with Gasteiger partial charge >= 0.3 is 0 Å². The zero-order valence-corrected chi connectivity index (χ0v) is 11.9. The van der Waals surface area contributed by atoms with Crippen molar-refractivity contribution in [2.75, 3.05) is 13.1 Å². The molecule has 1 aliphatic rings. The average molecular weight is 303 g/mol. The molecule has 0 bridgehead atoms. The molecule has 114 valence electrons. The Bertz CT molecular complexity index is 682. The molecule has 1 saturated heterocycles. The van der Waals surface area contributed by atoms with Gasteiger partial charge in [-0.3, -0.25) is 4.79 Å². The summed E-state index contributed by atoms with van der Waals surface area (Å²) in [5.41, 5.74) is 0.242. The Morgan fingerprint density at radius 1 is 1.05 bits per heavy atom. The van der Waals surface area contributed by atoms with E-state index in [0.29, 0.717) is 13.1 Å². The van der Waals surface area contributed by atoms with Crippen molar-refractivity contribution >= 4 is 5.91 Å². The first kappa shape index (κ1) is 14.6. The minimum atomic E-state index is -0.607. The quantitative estimate of drug-likeness (QED) is 0.856. The molecule has 4 nitrogen and oxygen atoms in total. The van der Waals surface area contributed by atoms with Crippen LogP contribution in [0.3, 0.4) is 0 Å². The Morgan fingerprint density at radius 3 is 2.41 bits per heavy atom. The summed E-state index contributed by atoms with van der Waals surface area (Å²) in [6.07, 6.45) is 4.92. The summed E-state index contributed by atoms with van der Waals surface area (Å²) in [7, 11) is 0. The molecular weight excluding hydrogens is 288 g/mol. The fourth-order valence-electron chi connectivity index (χ4n) is 2.64. The van der Waals surface area contributed by atoms with Crippen molar-refractivity contribution in [1.82, 2.24) is 14.9 Å². The van der Waals surface area contributed by atoms with Crippen LogP contribution in [-0.4, -0.2) is 33.9 Å². The van der Waals surface area contributed by atoms with Gasteiger partial charge in [-0.15, -0.1) is 0 Å². The second kappa shape index (κ2) is 6.17. The van der Waals surface area contributed by atoms with Gasteiger partial charge in [-0.05, 0) is 31.4 Å². The monoisotopic (exact) mass is 303 g/mol. The zero-order valence-electron chi connectivity index (χ0n) is 11.9. The molecule has 1 fully saturated rings. The third kappa shape index (κ3) is 2.81. The molecular formula is C16H15F2N3O. The highest BCUT2D eigenvalue weighted by Crippen LogP contribution is 2.26. The van der Waals surface area contributed by atoms with E-state index in [1.165, 1.54) is 12.1 Å². The molecule has 0 radical (unpaired) electrons. The Morgan fingerprint density at radius 2 is 1.73 bits per heavy atom. The first-order chi connectivity index (χ1) is 10.7. The molecule has 1 aromatic carbocycles. The number of nitrogens with zero attached hydrogens (tertiary/aromatic N) is 3. The van der Waals surface area contributed by atoms with Crippen LogP contribution in [0.2, 0.25) is 0 Å². The maximum absolute atomic E-state index is 14.2. The van der Waals surface area contributed by atoms with Crippen molar-refractivity contribution in [3.05, 3.63) is 47.8 Å². The van der Waals surface area contributed by atoms with Gasteiger partial charge in [0.15, 0.2) is 11.6 Å². The fraction of sp³-hybridized carbons (Fsp3) is 0.312. The molecule has 1 amide bonds. The highest BCUT2D eigenvalue weighted by Gasteiger charge is 2.24. The Hall–Kier alpha value is -2.37. The normalized spacial score (nSPS) is 14.9. The molecule has 0 saturated carbocycles. The highest BCUT2D eigenvalue weighted by atomic mass is 19.1. The lowest BCUT2D eigenvalue weighted by molar-refractivity contribution is 0.0724. The van der Waals surface area contributed by atoms with E-state index in [2.05, 4.69) is 9.97 Å². The lowest BCUT2D eigenvalue weighted by Gasteiger charge is -2.27. The van der Waals surface area contributed by atoms with Gasteiger partial charge in [-0.25, -0.2) is 18.7 Å². The maximum Gasteiger partial charge on any atom is 0.254 e. The minimum Gasteiger partial charge on any atom is -0.339 e. The lowest BCUT2D eigenvalue weighted by Crippen LogP contribution is -2.36. The summed E-state index contributed by atoms with van der Waals surface area (Å²) in [6, 6.07) is 4.29. The summed E-state index contributed by atoms with van der Waals surface area (Å²) >= 11 is 0. The van der Waals surface area contributed by atoms with Crippen LogP contribution in [0.25, 0.3) is 11.4 Å². The van der Waals surface area contributed by atoms with Gasteiger partial charge in [0, 0.05) is 13.1 Å². The predicted octanol–water partition coefficient (Wildman–Crippen LogP) is 3.05. The van der Waals surface area contributed by atoms with Gasteiger partial charge in [0.25, 0.3) is 5.91 Å². The molecule has 0 spiro atoms. The van der Waals surface area contributed by atoms with Gasteiger partial charge < -0.3 is 4.90 Å². The molecule has 1 aliphatic heterocycles. The molecule has 0 aliphatic carbocycles. The van der Waals surface area contributed by atoms with E-state index in [4.69, 9.17) is 0 Å². The van der Waals surface area contributed by atoms with Crippen molar-refractivity contribution in [3.8, 4) is 11.4 Å². The number of piperidine rings is 1. The zero-order chi connectivity index (χ0) is 15.5. The van der Waals surface area contributed by atoms with E-state index in [9.17, 15) is 13.6 Å². The smallest absolute Gasteiger partial charge is 0.254 e. The number of carbonyl (C=O) groups excluding carboxylic acids is 1. The topological polar surface area (TPSA) is 46.1 Å². The summed E-state index contributed by atoms with van der Waals surface area (Å²) in [4.78, 5) is 22.0. The van der Waals surface area contributed by atoms with E-state index in [-0.39, 0.29) is 22.9 Å². The van der Waals surface area contributed by atoms with Crippen LogP contribution in [0, 0.1) is 11.6 Å². The van der Waals surface area contributed by atoms with Gasteiger partial charge in [-0.2, -0.15) is 0 Å². The fourth-order valence-corrected chi connectivity index (χ4v) is 2.64. The number of benzene rings is 1. The third-order valence-corrected chi connectivity index (χ3v) is 3.73. The number of aromatic nitrogens is 2. The maximum atomic E-state index is 14.2. The Balaban J connectivity index is 2.02. The van der Waals surface area contributed by atoms with Crippen molar-refractivity contribution in [2.24, 2.45) is 0 Å². The number of hydrogen-bond acceptors (Lipinski definition) is 3. The first-order valence-corrected chi connectivity index (χ1v) is 7.22. The molecule has 6 heteroatoms. The van der Waals surface area contributed by atoms with Gasteiger partial charge in [-0.1, -0.05) is 6.07 Å². The number of hydrogen-bond donors (Lipinski definition) is 0. The van der Waals surface area contributed by atoms with Crippen LogP contribution in [0.5, 0.6) is 0 Å². The van der Waals surface area contributed by atoms with Gasteiger partial charge in [0.2, 0.25) is 0 Å². The molecule has 22 heavy (non-hydrogen) atoms. The Kier molecular flexibility index (Phi) is 4.09. The summed E-state index contributed by atoms with van der Waals surface area (Å²) in [6.45, 7) is 1.33. The van der Waals surface area contributed by atoms with E-state index >= 15 is 0 Å².